The van der Waals surface area contributed by atoms with Crippen LogP contribution in [-0.2, 0) is 4.79 Å². The maximum atomic E-state index is 11.9. The average molecular weight is 320 g/mol. The summed E-state index contributed by atoms with van der Waals surface area (Å²) >= 11 is 4.98. The molecule has 0 saturated carbocycles. The van der Waals surface area contributed by atoms with E-state index in [-0.39, 0.29) is 24.5 Å². The van der Waals surface area contributed by atoms with Crippen molar-refractivity contribution in [2.45, 2.75) is 38.6 Å². The van der Waals surface area contributed by atoms with E-state index < -0.39 is 0 Å². The molecule has 5 heteroatoms. The Morgan fingerprint density at radius 2 is 2.24 bits per heavy atom. The van der Waals surface area contributed by atoms with Crippen LogP contribution in [0.4, 0.5) is 0 Å². The first kappa shape index (κ1) is 14.7. The Balaban J connectivity index is 2.47. The maximum Gasteiger partial charge on any atom is 0.228 e. The number of aliphatic hydroxyl groups excluding tert-OH is 1. The minimum Gasteiger partial charge on any atom is -0.396 e. The average Bonchev–Trinajstić information content (AvgIpc) is 2.72. The summed E-state index contributed by atoms with van der Waals surface area (Å²) < 4.78 is 1.04. The van der Waals surface area contributed by atoms with E-state index in [9.17, 15) is 4.79 Å². The van der Waals surface area contributed by atoms with E-state index in [1.54, 1.807) is 11.3 Å². The minimum absolute atomic E-state index is 0.0461. The molecule has 0 aliphatic rings. The smallest absolute Gasteiger partial charge is 0.228 e. The number of thiophene rings is 1. The van der Waals surface area contributed by atoms with Crippen LogP contribution in [0.5, 0.6) is 0 Å². The third-order valence-corrected chi connectivity index (χ3v) is 4.40. The highest BCUT2D eigenvalue weighted by atomic mass is 79.9. The molecule has 0 radical (unpaired) electrons. The Labute approximate surface area is 114 Å². The molecule has 1 aromatic heterocycles. The van der Waals surface area contributed by atoms with Gasteiger partial charge in [0.15, 0.2) is 0 Å². The molecule has 0 spiro atoms. The van der Waals surface area contributed by atoms with Gasteiger partial charge in [0.05, 0.1) is 9.70 Å². The summed E-state index contributed by atoms with van der Waals surface area (Å²) in [5, 5.41) is 11.7. The van der Waals surface area contributed by atoms with Crippen molar-refractivity contribution in [3.05, 3.63) is 20.8 Å². The van der Waals surface area contributed by atoms with E-state index in [4.69, 9.17) is 5.11 Å². The fourth-order valence-corrected chi connectivity index (χ4v) is 3.00. The number of aliphatic hydroxyl groups is 1. The van der Waals surface area contributed by atoms with Crippen molar-refractivity contribution in [3.63, 3.8) is 0 Å². The summed E-state index contributed by atoms with van der Waals surface area (Å²) in [4.78, 5) is 13.0. The van der Waals surface area contributed by atoms with Crippen LogP contribution in [-0.4, -0.2) is 23.7 Å². The number of hydrogen-bond acceptors (Lipinski definition) is 3. The Hall–Kier alpha value is -0.390. The highest BCUT2D eigenvalue weighted by molar-refractivity contribution is 9.11. The van der Waals surface area contributed by atoms with Crippen molar-refractivity contribution >= 4 is 33.2 Å². The lowest BCUT2D eigenvalue weighted by atomic mass is 10.1. The van der Waals surface area contributed by atoms with Gasteiger partial charge in [-0.1, -0.05) is 0 Å². The van der Waals surface area contributed by atoms with E-state index in [1.165, 1.54) is 0 Å². The zero-order valence-electron chi connectivity index (χ0n) is 10.1. The number of halogens is 1. The zero-order chi connectivity index (χ0) is 12.8. The van der Waals surface area contributed by atoms with Gasteiger partial charge < -0.3 is 10.4 Å². The highest BCUT2D eigenvalue weighted by Gasteiger charge is 2.18. The summed E-state index contributed by atoms with van der Waals surface area (Å²) in [6, 6.07) is 4.04. The van der Waals surface area contributed by atoms with Gasteiger partial charge in [-0.3, -0.25) is 4.79 Å². The molecule has 1 aromatic rings. The van der Waals surface area contributed by atoms with Gasteiger partial charge in [-0.15, -0.1) is 11.3 Å². The molecule has 17 heavy (non-hydrogen) atoms. The molecule has 0 fully saturated rings. The largest absolute Gasteiger partial charge is 0.396 e. The fraction of sp³-hybridized carbons (Fsp3) is 0.583. The van der Waals surface area contributed by atoms with E-state index in [0.29, 0.717) is 0 Å². The van der Waals surface area contributed by atoms with Gasteiger partial charge in [-0.25, -0.2) is 0 Å². The molecule has 3 nitrogen and oxygen atoms in total. The van der Waals surface area contributed by atoms with Crippen LogP contribution >= 0.6 is 27.3 Å². The minimum atomic E-state index is -0.122. The summed E-state index contributed by atoms with van der Waals surface area (Å²) in [7, 11) is 0. The first-order valence-corrected chi connectivity index (χ1v) is 7.32. The Morgan fingerprint density at radius 3 is 2.76 bits per heavy atom. The molecule has 0 aromatic carbocycles. The topological polar surface area (TPSA) is 49.3 Å². The van der Waals surface area contributed by atoms with Gasteiger partial charge in [0.1, 0.15) is 0 Å². The van der Waals surface area contributed by atoms with E-state index in [0.717, 1.165) is 21.5 Å². The SMILES string of the molecule is CC(CCCO)NC(=O)C(C)c1ccc(Br)s1. The predicted octanol–water partition coefficient (Wildman–Crippen LogP) is 2.89. The normalized spacial score (nSPS) is 14.4. The van der Waals surface area contributed by atoms with Crippen LogP contribution < -0.4 is 5.32 Å². The third kappa shape index (κ3) is 4.77. The van der Waals surface area contributed by atoms with Gasteiger partial charge in [0.2, 0.25) is 5.91 Å². The van der Waals surface area contributed by atoms with Crippen LogP contribution in [0.25, 0.3) is 0 Å². The second-order valence-corrected chi connectivity index (χ2v) is 6.63. The Bertz CT molecular complexity index is 367. The molecule has 2 N–H and O–H groups in total. The molecule has 0 aliphatic heterocycles. The maximum absolute atomic E-state index is 11.9. The third-order valence-electron chi connectivity index (χ3n) is 2.60. The molecule has 0 aliphatic carbocycles. The fourth-order valence-electron chi connectivity index (χ4n) is 1.53. The zero-order valence-corrected chi connectivity index (χ0v) is 12.5. The van der Waals surface area contributed by atoms with Gasteiger partial charge in [-0.2, -0.15) is 0 Å². The van der Waals surface area contributed by atoms with Crippen molar-refractivity contribution in [2.24, 2.45) is 0 Å². The number of nitrogens with one attached hydrogen (secondary N) is 1. The van der Waals surface area contributed by atoms with Crippen LogP contribution in [0.3, 0.4) is 0 Å². The molecular weight excluding hydrogens is 302 g/mol. The van der Waals surface area contributed by atoms with E-state index >= 15 is 0 Å². The second kappa shape index (κ2) is 7.13. The van der Waals surface area contributed by atoms with Crippen molar-refractivity contribution < 1.29 is 9.90 Å². The van der Waals surface area contributed by atoms with Crippen molar-refractivity contribution in [2.75, 3.05) is 6.61 Å². The first-order chi connectivity index (χ1) is 8.04. The molecule has 0 bridgehead atoms. The standard InChI is InChI=1S/C12H18BrNO2S/c1-8(4-3-7-15)14-12(16)9(2)10-5-6-11(13)17-10/h5-6,8-9,15H,3-4,7H2,1-2H3,(H,14,16). The number of hydrogen-bond donors (Lipinski definition) is 2. The molecule has 1 heterocycles. The number of rotatable bonds is 6. The Morgan fingerprint density at radius 1 is 1.53 bits per heavy atom. The van der Waals surface area contributed by atoms with Crippen LogP contribution in [0.2, 0.25) is 0 Å². The summed E-state index contributed by atoms with van der Waals surface area (Å²) in [5.41, 5.74) is 0. The van der Waals surface area contributed by atoms with Crippen LogP contribution in [0, 0.1) is 0 Å². The molecule has 1 rings (SSSR count). The lowest BCUT2D eigenvalue weighted by Crippen LogP contribution is -2.35. The van der Waals surface area contributed by atoms with Crippen LogP contribution in [0.15, 0.2) is 15.9 Å². The summed E-state index contributed by atoms with van der Waals surface area (Å²) in [6.07, 6.45) is 1.53. The van der Waals surface area contributed by atoms with Crippen molar-refractivity contribution in [3.8, 4) is 0 Å². The highest BCUT2D eigenvalue weighted by Crippen LogP contribution is 2.28. The van der Waals surface area contributed by atoms with E-state index in [1.807, 2.05) is 26.0 Å². The quantitative estimate of drug-likeness (QED) is 0.847. The van der Waals surface area contributed by atoms with Crippen LogP contribution in [0.1, 0.15) is 37.5 Å². The predicted molar refractivity (Wildman–Crippen MR) is 74.4 cm³/mol. The Kier molecular flexibility index (Phi) is 6.16. The van der Waals surface area contributed by atoms with Gasteiger partial charge in [-0.05, 0) is 54.8 Å². The molecule has 2 atom stereocenters. The molecule has 1 amide bonds. The number of carbonyl (C=O) groups is 1. The van der Waals surface area contributed by atoms with Crippen molar-refractivity contribution in [1.29, 1.82) is 0 Å². The summed E-state index contributed by atoms with van der Waals surface area (Å²) in [6.45, 7) is 4.05. The van der Waals surface area contributed by atoms with Gasteiger partial charge >= 0.3 is 0 Å². The molecule has 2 unspecified atom stereocenters. The first-order valence-electron chi connectivity index (χ1n) is 5.71. The lowest BCUT2D eigenvalue weighted by molar-refractivity contribution is -0.122. The molecule has 0 saturated heterocycles. The lowest BCUT2D eigenvalue weighted by Gasteiger charge is -2.16. The van der Waals surface area contributed by atoms with E-state index in [2.05, 4.69) is 21.2 Å². The molecule has 96 valence electrons. The monoisotopic (exact) mass is 319 g/mol. The second-order valence-electron chi connectivity index (χ2n) is 4.14. The van der Waals surface area contributed by atoms with Gasteiger partial charge in [0, 0.05) is 17.5 Å². The number of carbonyl (C=O) groups excluding carboxylic acids is 1. The van der Waals surface area contributed by atoms with Crippen molar-refractivity contribution in [1.82, 2.24) is 5.32 Å². The number of amides is 1. The summed E-state index contributed by atoms with van der Waals surface area (Å²) in [5.74, 6) is -0.0762. The van der Waals surface area contributed by atoms with Gasteiger partial charge in [0.25, 0.3) is 0 Å². The molecular formula is C12H18BrNO2S.